The summed E-state index contributed by atoms with van der Waals surface area (Å²) >= 11 is 0. The SMILES string of the molecule is COc1ccc2c(c1)OC(CN1CCC1)CC2. The predicted molar refractivity (Wildman–Crippen MR) is 66.8 cm³/mol. The molecule has 0 aliphatic carbocycles. The van der Waals surface area contributed by atoms with Crippen molar-refractivity contribution in [1.82, 2.24) is 4.90 Å². The van der Waals surface area contributed by atoms with Gasteiger partial charge in [-0.2, -0.15) is 0 Å². The molecule has 1 saturated heterocycles. The topological polar surface area (TPSA) is 21.7 Å². The number of ether oxygens (including phenoxy) is 2. The quantitative estimate of drug-likeness (QED) is 0.798. The van der Waals surface area contributed by atoms with Crippen LogP contribution in [-0.2, 0) is 6.42 Å². The molecule has 0 amide bonds. The van der Waals surface area contributed by atoms with Crippen molar-refractivity contribution < 1.29 is 9.47 Å². The van der Waals surface area contributed by atoms with E-state index in [9.17, 15) is 0 Å². The van der Waals surface area contributed by atoms with Crippen LogP contribution < -0.4 is 9.47 Å². The lowest BCUT2D eigenvalue weighted by atomic mass is 10.0. The summed E-state index contributed by atoms with van der Waals surface area (Å²) in [5.41, 5.74) is 1.31. The first kappa shape index (κ1) is 10.9. The number of nitrogens with zero attached hydrogens (tertiary/aromatic N) is 1. The minimum Gasteiger partial charge on any atom is -0.497 e. The molecule has 0 bridgehead atoms. The summed E-state index contributed by atoms with van der Waals surface area (Å²) in [6.07, 6.45) is 3.96. The molecule has 92 valence electrons. The summed E-state index contributed by atoms with van der Waals surface area (Å²) in [7, 11) is 1.70. The zero-order valence-electron chi connectivity index (χ0n) is 10.3. The van der Waals surface area contributed by atoms with Crippen LogP contribution in [0.1, 0.15) is 18.4 Å². The number of aryl methyl sites for hydroxylation is 1. The van der Waals surface area contributed by atoms with Crippen LogP contribution in [0.5, 0.6) is 11.5 Å². The molecule has 0 N–H and O–H groups in total. The van der Waals surface area contributed by atoms with E-state index < -0.39 is 0 Å². The molecule has 3 nitrogen and oxygen atoms in total. The second kappa shape index (κ2) is 4.57. The standard InChI is InChI=1S/C14H19NO2/c1-16-12-5-3-11-4-6-13(17-14(11)9-12)10-15-7-2-8-15/h3,5,9,13H,2,4,6-8,10H2,1H3. The third-order valence-corrected chi connectivity index (χ3v) is 3.71. The number of hydrogen-bond donors (Lipinski definition) is 0. The van der Waals surface area contributed by atoms with Crippen molar-refractivity contribution in [3.63, 3.8) is 0 Å². The summed E-state index contributed by atoms with van der Waals surface area (Å²) in [5.74, 6) is 1.90. The third kappa shape index (κ3) is 2.25. The second-order valence-electron chi connectivity index (χ2n) is 4.91. The lowest BCUT2D eigenvalue weighted by molar-refractivity contribution is 0.0810. The van der Waals surface area contributed by atoms with Crippen LogP contribution in [0, 0.1) is 0 Å². The zero-order valence-corrected chi connectivity index (χ0v) is 10.3. The Morgan fingerprint density at radius 1 is 1.41 bits per heavy atom. The second-order valence-corrected chi connectivity index (χ2v) is 4.91. The molecule has 1 aromatic carbocycles. The lowest BCUT2D eigenvalue weighted by Crippen LogP contribution is -2.44. The highest BCUT2D eigenvalue weighted by molar-refractivity contribution is 5.42. The highest BCUT2D eigenvalue weighted by atomic mass is 16.5. The molecule has 3 rings (SSSR count). The minimum absolute atomic E-state index is 0.356. The Hall–Kier alpha value is -1.22. The van der Waals surface area contributed by atoms with Crippen LogP contribution in [-0.4, -0.2) is 37.7 Å². The van der Waals surface area contributed by atoms with Crippen molar-refractivity contribution in [3.8, 4) is 11.5 Å². The van der Waals surface area contributed by atoms with Crippen molar-refractivity contribution in [3.05, 3.63) is 23.8 Å². The fourth-order valence-electron chi connectivity index (χ4n) is 2.51. The normalized spacial score (nSPS) is 23.5. The van der Waals surface area contributed by atoms with E-state index in [1.807, 2.05) is 12.1 Å². The predicted octanol–water partition coefficient (Wildman–Crippen LogP) is 2.09. The highest BCUT2D eigenvalue weighted by Crippen LogP contribution is 2.31. The number of benzene rings is 1. The molecule has 0 spiro atoms. The van der Waals surface area contributed by atoms with Gasteiger partial charge in [0.05, 0.1) is 7.11 Å². The molecule has 1 aromatic rings. The Labute approximate surface area is 102 Å². The summed E-state index contributed by atoms with van der Waals surface area (Å²) in [6.45, 7) is 3.56. The maximum atomic E-state index is 6.06. The number of likely N-dealkylation sites (tertiary alicyclic amines) is 1. The van der Waals surface area contributed by atoms with Gasteiger partial charge in [-0.1, -0.05) is 6.07 Å². The van der Waals surface area contributed by atoms with Crippen LogP contribution in [0.2, 0.25) is 0 Å². The van der Waals surface area contributed by atoms with Gasteiger partial charge in [-0.25, -0.2) is 0 Å². The van der Waals surface area contributed by atoms with Gasteiger partial charge in [0.15, 0.2) is 0 Å². The van der Waals surface area contributed by atoms with Crippen LogP contribution in [0.25, 0.3) is 0 Å². The molecule has 0 aromatic heterocycles. The molecule has 1 atom stereocenters. The number of rotatable bonds is 3. The van der Waals surface area contributed by atoms with Gasteiger partial charge in [-0.15, -0.1) is 0 Å². The Morgan fingerprint density at radius 2 is 2.29 bits per heavy atom. The fourth-order valence-corrected chi connectivity index (χ4v) is 2.51. The fraction of sp³-hybridized carbons (Fsp3) is 0.571. The molecule has 2 aliphatic rings. The van der Waals surface area contributed by atoms with E-state index in [1.54, 1.807) is 7.11 Å². The summed E-state index contributed by atoms with van der Waals surface area (Å²) in [4.78, 5) is 2.47. The largest absolute Gasteiger partial charge is 0.497 e. The van der Waals surface area contributed by atoms with Crippen LogP contribution in [0.3, 0.4) is 0 Å². The lowest BCUT2D eigenvalue weighted by Gasteiger charge is -2.36. The van der Waals surface area contributed by atoms with Crippen molar-refractivity contribution in [2.45, 2.75) is 25.4 Å². The Morgan fingerprint density at radius 3 is 3.00 bits per heavy atom. The van der Waals surface area contributed by atoms with Crippen molar-refractivity contribution >= 4 is 0 Å². The van der Waals surface area contributed by atoms with E-state index in [-0.39, 0.29) is 0 Å². The first-order valence-electron chi connectivity index (χ1n) is 6.41. The summed E-state index contributed by atoms with van der Waals surface area (Å²) < 4.78 is 11.3. The van der Waals surface area contributed by atoms with Crippen molar-refractivity contribution in [2.24, 2.45) is 0 Å². The first-order valence-corrected chi connectivity index (χ1v) is 6.41. The smallest absolute Gasteiger partial charge is 0.126 e. The molecular formula is C14H19NO2. The summed E-state index contributed by atoms with van der Waals surface area (Å²) in [5, 5.41) is 0. The molecule has 1 unspecified atom stereocenters. The van der Waals surface area contributed by atoms with E-state index in [1.165, 1.54) is 25.1 Å². The van der Waals surface area contributed by atoms with E-state index in [2.05, 4.69) is 11.0 Å². The molecule has 17 heavy (non-hydrogen) atoms. The van der Waals surface area contributed by atoms with Gasteiger partial charge in [-0.3, -0.25) is 4.90 Å². The number of hydrogen-bond acceptors (Lipinski definition) is 3. The zero-order chi connectivity index (χ0) is 11.7. The molecular weight excluding hydrogens is 214 g/mol. The maximum Gasteiger partial charge on any atom is 0.126 e. The highest BCUT2D eigenvalue weighted by Gasteiger charge is 2.24. The molecule has 3 heteroatoms. The monoisotopic (exact) mass is 233 g/mol. The van der Waals surface area contributed by atoms with E-state index in [0.29, 0.717) is 6.10 Å². The van der Waals surface area contributed by atoms with Gasteiger partial charge in [0.2, 0.25) is 0 Å². The van der Waals surface area contributed by atoms with Crippen LogP contribution in [0.4, 0.5) is 0 Å². The van der Waals surface area contributed by atoms with Gasteiger partial charge in [-0.05, 0) is 44.0 Å². The van der Waals surface area contributed by atoms with Crippen molar-refractivity contribution in [2.75, 3.05) is 26.7 Å². The van der Waals surface area contributed by atoms with Gasteiger partial charge >= 0.3 is 0 Å². The average Bonchev–Trinajstić information content (AvgIpc) is 2.33. The van der Waals surface area contributed by atoms with Crippen molar-refractivity contribution in [1.29, 1.82) is 0 Å². The molecule has 0 radical (unpaired) electrons. The molecule has 1 fully saturated rings. The van der Waals surface area contributed by atoms with E-state index in [0.717, 1.165) is 30.9 Å². The first-order chi connectivity index (χ1) is 8.35. The number of fused-ring (bicyclic) bond motifs is 1. The molecule has 2 aliphatic heterocycles. The van der Waals surface area contributed by atoms with Crippen LogP contribution >= 0.6 is 0 Å². The Bertz CT molecular complexity index is 401. The van der Waals surface area contributed by atoms with E-state index >= 15 is 0 Å². The molecule has 2 heterocycles. The van der Waals surface area contributed by atoms with Gasteiger partial charge in [0.25, 0.3) is 0 Å². The Kier molecular flexibility index (Phi) is 2.93. The van der Waals surface area contributed by atoms with Gasteiger partial charge in [0.1, 0.15) is 17.6 Å². The summed E-state index contributed by atoms with van der Waals surface area (Å²) in [6, 6.07) is 6.14. The minimum atomic E-state index is 0.356. The van der Waals surface area contributed by atoms with Crippen LogP contribution in [0.15, 0.2) is 18.2 Å². The van der Waals surface area contributed by atoms with Gasteiger partial charge < -0.3 is 9.47 Å². The van der Waals surface area contributed by atoms with E-state index in [4.69, 9.17) is 9.47 Å². The third-order valence-electron chi connectivity index (χ3n) is 3.71. The molecule has 0 saturated carbocycles. The number of methoxy groups -OCH3 is 1. The average molecular weight is 233 g/mol. The Balaban J connectivity index is 1.69. The van der Waals surface area contributed by atoms with Gasteiger partial charge in [0, 0.05) is 12.6 Å². The maximum absolute atomic E-state index is 6.06.